The minimum absolute atomic E-state index is 0.0334. The van der Waals surface area contributed by atoms with E-state index in [4.69, 9.17) is 9.47 Å². The summed E-state index contributed by atoms with van der Waals surface area (Å²) in [4.78, 5) is 53.1. The number of imidazole rings is 2. The second-order valence-corrected chi connectivity index (χ2v) is 14.7. The first-order chi connectivity index (χ1) is 27.8. The van der Waals surface area contributed by atoms with Crippen LogP contribution in [0.1, 0.15) is 136 Å². The third-order valence-electron chi connectivity index (χ3n) is 9.79. The molecule has 0 bridgehead atoms. The lowest BCUT2D eigenvalue weighted by Crippen LogP contribution is -2.29. The summed E-state index contributed by atoms with van der Waals surface area (Å²) in [7, 11) is 0. The summed E-state index contributed by atoms with van der Waals surface area (Å²) in [5, 5.41) is 3.03. The summed E-state index contributed by atoms with van der Waals surface area (Å²) in [5.74, 6) is 0.676. The van der Waals surface area contributed by atoms with Gasteiger partial charge in [0, 0.05) is 55.7 Å². The van der Waals surface area contributed by atoms with Crippen molar-refractivity contribution >= 4 is 23.6 Å². The topological polar surface area (TPSA) is 124 Å². The molecule has 0 saturated heterocycles. The zero-order chi connectivity index (χ0) is 40.7. The fourth-order valence-electron chi connectivity index (χ4n) is 6.74. The summed E-state index contributed by atoms with van der Waals surface area (Å²) in [5.41, 5.74) is 3.44. The Balaban J connectivity index is 1.43. The second-order valence-electron chi connectivity index (χ2n) is 14.7. The molecule has 0 spiro atoms. The molecular weight excluding hydrogens is 719 g/mol. The molecule has 1 N–H and O–H groups in total. The van der Waals surface area contributed by atoms with Crippen LogP contribution in [0, 0.1) is 0 Å². The van der Waals surface area contributed by atoms with Crippen molar-refractivity contribution in [3.05, 3.63) is 102 Å². The molecule has 0 radical (unpaired) electrons. The van der Waals surface area contributed by atoms with E-state index >= 15 is 0 Å². The minimum atomic E-state index is -0.467. The zero-order valence-electron chi connectivity index (χ0n) is 34.8. The number of nitrogens with zero attached hydrogens (tertiary/aromatic N) is 6. The molecule has 0 unspecified atom stereocenters. The van der Waals surface area contributed by atoms with E-state index in [9.17, 15) is 14.4 Å². The Morgan fingerprint density at radius 3 is 1.79 bits per heavy atom. The Morgan fingerprint density at radius 2 is 1.16 bits per heavy atom. The molecule has 0 atom stereocenters. The van der Waals surface area contributed by atoms with E-state index in [-0.39, 0.29) is 25.0 Å². The highest BCUT2D eigenvalue weighted by atomic mass is 16.5. The van der Waals surface area contributed by atoms with Crippen LogP contribution < -0.4 is 5.32 Å². The van der Waals surface area contributed by atoms with Crippen molar-refractivity contribution in [1.82, 2.24) is 28.9 Å². The molecule has 0 saturated carbocycles. The Bertz CT molecular complexity index is 1680. The maximum absolute atomic E-state index is 13.3. The molecule has 12 nitrogen and oxygen atoms in total. The van der Waals surface area contributed by atoms with Crippen molar-refractivity contribution in [3.8, 4) is 0 Å². The number of carbonyl (C=O) groups excluding carboxylic acids is 3. The van der Waals surface area contributed by atoms with E-state index in [0.29, 0.717) is 43.5 Å². The fourth-order valence-corrected chi connectivity index (χ4v) is 6.74. The van der Waals surface area contributed by atoms with Crippen molar-refractivity contribution in [3.63, 3.8) is 0 Å². The zero-order valence-corrected chi connectivity index (χ0v) is 34.8. The molecule has 1 amide bonds. The first-order valence-electron chi connectivity index (χ1n) is 21.1. The number of carbonyl (C=O) groups is 3. The Labute approximate surface area is 340 Å². The number of rotatable bonds is 27. The Morgan fingerprint density at radius 1 is 0.614 bits per heavy atom. The summed E-state index contributed by atoms with van der Waals surface area (Å²) in [6.07, 6.45) is 17.8. The maximum Gasteiger partial charge on any atom is 0.419 e. The average Bonchev–Trinajstić information content (AvgIpc) is 3.88. The summed E-state index contributed by atoms with van der Waals surface area (Å²) in [6.45, 7) is 13.6. The van der Waals surface area contributed by atoms with Crippen LogP contribution in [0.2, 0.25) is 0 Å². The highest BCUT2D eigenvalue weighted by Gasteiger charge is 2.20. The van der Waals surface area contributed by atoms with E-state index in [1.165, 1.54) is 21.1 Å². The van der Waals surface area contributed by atoms with Crippen molar-refractivity contribution in [1.29, 1.82) is 0 Å². The monoisotopic (exact) mass is 784 g/mol. The average molecular weight is 784 g/mol. The highest BCUT2D eigenvalue weighted by molar-refractivity contribution is 6.04. The lowest BCUT2D eigenvalue weighted by Gasteiger charge is -2.22. The van der Waals surface area contributed by atoms with Gasteiger partial charge in [-0.1, -0.05) is 96.9 Å². The first-order valence-corrected chi connectivity index (χ1v) is 21.1. The third-order valence-corrected chi connectivity index (χ3v) is 9.79. The maximum atomic E-state index is 13.3. The standard InChI is InChI=1S/C45H65N7O5/c1-5-9-11-13-15-31-57-45(55)52-29-25-47-42(52)35-50(34-41-46-24-28-51(41)43(53)36-56-30-14-12-10-6-2)33-37-16-20-39(21-17-37)44(54)48-40-22-18-38(19-23-40)32-49(26-7-3)27-8-4/h16-25,28-29H,5-15,26-27,30-36H2,1-4H3,(H,48,54). The van der Waals surface area contributed by atoms with Crippen LogP contribution in [0.15, 0.2) is 73.3 Å². The van der Waals surface area contributed by atoms with Crippen molar-refractivity contribution < 1.29 is 23.9 Å². The molecule has 0 aliphatic rings. The molecule has 0 aliphatic carbocycles. The number of anilines is 1. The molecule has 2 aromatic carbocycles. The molecular formula is C45H65N7O5. The summed E-state index contributed by atoms with van der Waals surface area (Å²) < 4.78 is 14.3. The minimum Gasteiger partial charge on any atom is -0.449 e. The van der Waals surface area contributed by atoms with Gasteiger partial charge in [-0.15, -0.1) is 0 Å². The normalized spacial score (nSPS) is 11.4. The van der Waals surface area contributed by atoms with Crippen LogP contribution >= 0.6 is 0 Å². The number of amides is 1. The molecule has 0 fully saturated rings. The van der Waals surface area contributed by atoms with Gasteiger partial charge in [0.05, 0.1) is 19.7 Å². The molecule has 57 heavy (non-hydrogen) atoms. The SMILES string of the molecule is CCCCCCCOC(=O)n1ccnc1CN(Cc1ccc(C(=O)Nc2ccc(CN(CCC)CCC)cc2)cc1)Cc1nccn1C(=O)COCCCCCC. The number of aromatic nitrogens is 4. The van der Waals surface area contributed by atoms with Gasteiger partial charge in [-0.25, -0.2) is 19.3 Å². The molecule has 2 aromatic heterocycles. The van der Waals surface area contributed by atoms with Gasteiger partial charge < -0.3 is 14.8 Å². The van der Waals surface area contributed by atoms with Gasteiger partial charge >= 0.3 is 6.09 Å². The lowest BCUT2D eigenvalue weighted by molar-refractivity contribution is 0.0661. The molecule has 4 rings (SSSR count). The van der Waals surface area contributed by atoms with Crippen LogP contribution in [0.3, 0.4) is 0 Å². The number of benzene rings is 2. The van der Waals surface area contributed by atoms with Crippen molar-refractivity contribution in [2.75, 3.05) is 38.2 Å². The van der Waals surface area contributed by atoms with E-state index < -0.39 is 6.09 Å². The van der Waals surface area contributed by atoms with Crippen molar-refractivity contribution in [2.45, 2.75) is 125 Å². The fraction of sp³-hybridized carbons (Fsp3) is 0.533. The largest absolute Gasteiger partial charge is 0.449 e. The number of nitrogens with one attached hydrogen (secondary N) is 1. The van der Waals surface area contributed by atoms with E-state index in [0.717, 1.165) is 95.1 Å². The molecule has 2 heterocycles. The highest BCUT2D eigenvalue weighted by Crippen LogP contribution is 2.18. The quantitative estimate of drug-likeness (QED) is 0.0590. The Hall–Kier alpha value is -4.65. The first kappa shape index (κ1) is 45.1. The number of hydrogen-bond donors (Lipinski definition) is 1. The number of ether oxygens (including phenoxy) is 2. The van der Waals surface area contributed by atoms with Crippen LogP contribution in [-0.4, -0.2) is 79.7 Å². The smallest absolute Gasteiger partial charge is 0.419 e. The van der Waals surface area contributed by atoms with E-state index in [1.54, 1.807) is 24.8 Å². The van der Waals surface area contributed by atoms with Crippen LogP contribution in [0.5, 0.6) is 0 Å². The Kier molecular flexibility index (Phi) is 20.2. The lowest BCUT2D eigenvalue weighted by atomic mass is 10.1. The molecule has 12 heteroatoms. The number of hydrogen-bond acceptors (Lipinski definition) is 9. The number of unbranched alkanes of at least 4 members (excludes halogenated alkanes) is 7. The molecule has 4 aromatic rings. The van der Waals surface area contributed by atoms with Gasteiger partial charge in [0.25, 0.3) is 11.8 Å². The third kappa shape index (κ3) is 15.7. The van der Waals surface area contributed by atoms with Gasteiger partial charge in [-0.2, -0.15) is 0 Å². The van der Waals surface area contributed by atoms with Gasteiger partial charge in [-0.05, 0) is 74.2 Å². The van der Waals surface area contributed by atoms with Crippen molar-refractivity contribution in [2.24, 2.45) is 0 Å². The summed E-state index contributed by atoms with van der Waals surface area (Å²) in [6, 6.07) is 15.5. The van der Waals surface area contributed by atoms with E-state index in [2.05, 4.69) is 64.9 Å². The molecule has 310 valence electrons. The van der Waals surface area contributed by atoms with Crippen LogP contribution in [0.4, 0.5) is 10.5 Å². The van der Waals surface area contributed by atoms with Crippen LogP contribution in [-0.2, 0) is 35.7 Å². The summed E-state index contributed by atoms with van der Waals surface area (Å²) >= 11 is 0. The predicted octanol–water partition coefficient (Wildman–Crippen LogP) is 9.35. The van der Waals surface area contributed by atoms with Gasteiger partial charge in [0.15, 0.2) is 0 Å². The molecule has 0 aliphatic heterocycles. The predicted molar refractivity (Wildman–Crippen MR) is 225 cm³/mol. The van der Waals surface area contributed by atoms with Gasteiger partial charge in [0.1, 0.15) is 18.3 Å². The van der Waals surface area contributed by atoms with Crippen LogP contribution in [0.25, 0.3) is 0 Å². The van der Waals surface area contributed by atoms with Gasteiger partial charge in [0.2, 0.25) is 0 Å². The second kappa shape index (κ2) is 25.6. The van der Waals surface area contributed by atoms with Gasteiger partial charge in [-0.3, -0.25) is 24.0 Å². The van der Waals surface area contributed by atoms with E-state index in [1.807, 2.05) is 36.4 Å².